The lowest BCUT2D eigenvalue weighted by Crippen LogP contribution is -2.28. The molecule has 3 heterocycles. The molecule has 162 valence electrons. The maximum atomic E-state index is 13.0. The average molecular weight is 452 g/mol. The lowest BCUT2D eigenvalue weighted by Gasteiger charge is -2.11. The SMILES string of the molecule is CCNC(=O)Nc1cc(-c2nc(C(F)(F)F)cs2)c(-c2cnc(C(=O)OC)cn2)cn1. The zero-order valence-electron chi connectivity index (χ0n) is 16.1. The van der Waals surface area contributed by atoms with E-state index >= 15 is 0 Å². The van der Waals surface area contributed by atoms with Gasteiger partial charge in [0.1, 0.15) is 10.8 Å². The molecule has 0 radical (unpaired) electrons. The van der Waals surface area contributed by atoms with Crippen LogP contribution in [-0.4, -0.2) is 45.6 Å². The Bertz CT molecular complexity index is 1100. The van der Waals surface area contributed by atoms with Gasteiger partial charge in [0.05, 0.1) is 25.2 Å². The minimum Gasteiger partial charge on any atom is -0.464 e. The first-order valence-corrected chi connectivity index (χ1v) is 9.59. The topological polar surface area (TPSA) is 119 Å². The molecule has 2 amide bonds. The van der Waals surface area contributed by atoms with E-state index in [1.165, 1.54) is 31.8 Å². The number of hydrogen-bond donors (Lipinski definition) is 2. The van der Waals surface area contributed by atoms with Gasteiger partial charge in [0.25, 0.3) is 0 Å². The summed E-state index contributed by atoms with van der Waals surface area (Å²) in [4.78, 5) is 39.2. The summed E-state index contributed by atoms with van der Waals surface area (Å²) in [7, 11) is 1.20. The van der Waals surface area contributed by atoms with E-state index < -0.39 is 23.9 Å². The molecule has 0 fully saturated rings. The van der Waals surface area contributed by atoms with E-state index in [0.29, 0.717) is 12.1 Å². The van der Waals surface area contributed by atoms with Crippen molar-refractivity contribution in [2.45, 2.75) is 13.1 Å². The molecule has 3 rings (SSSR count). The predicted octanol–water partition coefficient (Wildman–Crippen LogP) is 3.61. The Morgan fingerprint density at radius 1 is 1.13 bits per heavy atom. The van der Waals surface area contributed by atoms with Crippen LogP contribution in [0, 0.1) is 0 Å². The van der Waals surface area contributed by atoms with Crippen molar-refractivity contribution in [1.82, 2.24) is 25.3 Å². The Morgan fingerprint density at radius 3 is 2.48 bits per heavy atom. The first-order chi connectivity index (χ1) is 14.7. The Balaban J connectivity index is 2.06. The van der Waals surface area contributed by atoms with Gasteiger partial charge in [-0.3, -0.25) is 10.3 Å². The maximum Gasteiger partial charge on any atom is 0.434 e. The van der Waals surface area contributed by atoms with Gasteiger partial charge in [0, 0.05) is 29.2 Å². The molecule has 0 saturated heterocycles. The summed E-state index contributed by atoms with van der Waals surface area (Å²) in [5.74, 6) is -0.582. The van der Waals surface area contributed by atoms with Crippen LogP contribution >= 0.6 is 11.3 Å². The van der Waals surface area contributed by atoms with Crippen LogP contribution in [-0.2, 0) is 10.9 Å². The zero-order chi connectivity index (χ0) is 22.6. The normalized spacial score (nSPS) is 11.1. The lowest BCUT2D eigenvalue weighted by atomic mass is 10.1. The van der Waals surface area contributed by atoms with Crippen molar-refractivity contribution in [2.75, 3.05) is 19.0 Å². The summed E-state index contributed by atoms with van der Waals surface area (Å²) in [6.07, 6.45) is -0.837. The number of carbonyl (C=O) groups excluding carboxylic acids is 2. The Labute approximate surface area is 177 Å². The van der Waals surface area contributed by atoms with Crippen LogP contribution in [0.1, 0.15) is 23.1 Å². The molecule has 0 saturated carbocycles. The maximum absolute atomic E-state index is 13.0. The van der Waals surface area contributed by atoms with Crippen molar-refractivity contribution in [3.63, 3.8) is 0 Å². The molecule has 0 aliphatic carbocycles. The van der Waals surface area contributed by atoms with E-state index in [1.807, 2.05) is 0 Å². The molecule has 2 N–H and O–H groups in total. The number of thiazole rings is 1. The Morgan fingerprint density at radius 2 is 1.90 bits per heavy atom. The number of methoxy groups -OCH3 is 1. The third-order valence-electron chi connectivity index (χ3n) is 3.83. The average Bonchev–Trinajstić information content (AvgIpc) is 3.24. The number of aromatic nitrogens is 4. The van der Waals surface area contributed by atoms with E-state index in [9.17, 15) is 22.8 Å². The van der Waals surface area contributed by atoms with Gasteiger partial charge in [-0.15, -0.1) is 11.3 Å². The number of amides is 2. The third kappa shape index (κ3) is 5.12. The second-order valence-corrected chi connectivity index (χ2v) is 6.77. The van der Waals surface area contributed by atoms with Crippen LogP contribution in [0.2, 0.25) is 0 Å². The number of hydrogen-bond acceptors (Lipinski definition) is 8. The summed E-state index contributed by atoms with van der Waals surface area (Å²) in [5, 5.41) is 5.96. The van der Waals surface area contributed by atoms with Gasteiger partial charge in [-0.05, 0) is 13.0 Å². The molecule has 0 atom stereocenters. The first kappa shape index (κ1) is 22.1. The summed E-state index contributed by atoms with van der Waals surface area (Å²) < 4.78 is 43.7. The van der Waals surface area contributed by atoms with Gasteiger partial charge >= 0.3 is 18.2 Å². The molecule has 3 aromatic rings. The lowest BCUT2D eigenvalue weighted by molar-refractivity contribution is -0.140. The molecule has 3 aromatic heterocycles. The minimum atomic E-state index is -4.61. The molecule has 31 heavy (non-hydrogen) atoms. The molecule has 0 aliphatic rings. The highest BCUT2D eigenvalue weighted by Gasteiger charge is 2.34. The van der Waals surface area contributed by atoms with Crippen LogP contribution in [0.25, 0.3) is 21.8 Å². The minimum absolute atomic E-state index is 0.0381. The quantitative estimate of drug-likeness (QED) is 0.568. The van der Waals surface area contributed by atoms with Gasteiger partial charge in [0.2, 0.25) is 0 Å². The van der Waals surface area contributed by atoms with Crippen molar-refractivity contribution in [2.24, 2.45) is 0 Å². The fourth-order valence-electron chi connectivity index (χ4n) is 2.43. The molecule has 9 nitrogen and oxygen atoms in total. The number of pyridine rings is 1. The van der Waals surface area contributed by atoms with E-state index in [2.05, 4.69) is 35.3 Å². The van der Waals surface area contributed by atoms with Gasteiger partial charge in [-0.1, -0.05) is 0 Å². The highest BCUT2D eigenvalue weighted by molar-refractivity contribution is 7.13. The largest absolute Gasteiger partial charge is 0.464 e. The smallest absolute Gasteiger partial charge is 0.434 e. The van der Waals surface area contributed by atoms with Crippen molar-refractivity contribution in [3.05, 3.63) is 41.4 Å². The van der Waals surface area contributed by atoms with E-state index in [1.54, 1.807) is 6.92 Å². The van der Waals surface area contributed by atoms with Crippen molar-refractivity contribution in [3.8, 4) is 21.8 Å². The molecule has 13 heteroatoms. The number of urea groups is 1. The standard InChI is InChI=1S/C18H15F3N6O3S/c1-3-22-17(29)27-14-4-9(15-26-13(8-31-15)18(19,20)21)10(5-25-14)11-6-24-12(7-23-11)16(28)30-2/h4-8H,3H2,1-2H3,(H2,22,25,27,29). The van der Waals surface area contributed by atoms with Gasteiger partial charge in [-0.25, -0.2) is 24.5 Å². The monoisotopic (exact) mass is 452 g/mol. The van der Waals surface area contributed by atoms with Crippen LogP contribution < -0.4 is 10.6 Å². The molecular formula is C18H15F3N6O3S. The second-order valence-electron chi connectivity index (χ2n) is 5.91. The number of rotatable bonds is 5. The van der Waals surface area contributed by atoms with Crippen molar-refractivity contribution < 1.29 is 27.5 Å². The molecule has 0 aromatic carbocycles. The van der Waals surface area contributed by atoms with Crippen LogP contribution in [0.4, 0.5) is 23.8 Å². The zero-order valence-corrected chi connectivity index (χ0v) is 17.0. The summed E-state index contributed by atoms with van der Waals surface area (Å²) in [5.41, 5.74) is -0.274. The van der Waals surface area contributed by atoms with Gasteiger partial charge < -0.3 is 10.1 Å². The van der Waals surface area contributed by atoms with Crippen LogP contribution in [0.3, 0.4) is 0 Å². The molecule has 0 bridgehead atoms. The van der Waals surface area contributed by atoms with E-state index in [-0.39, 0.29) is 27.8 Å². The summed E-state index contributed by atoms with van der Waals surface area (Å²) in [6, 6.07) is 0.866. The number of nitrogens with one attached hydrogen (secondary N) is 2. The number of nitrogens with zero attached hydrogens (tertiary/aromatic N) is 4. The molecule has 0 unspecified atom stereocenters. The first-order valence-electron chi connectivity index (χ1n) is 8.71. The van der Waals surface area contributed by atoms with Gasteiger partial charge in [0.15, 0.2) is 11.4 Å². The van der Waals surface area contributed by atoms with Crippen molar-refractivity contribution >= 4 is 29.2 Å². The highest BCUT2D eigenvalue weighted by Crippen LogP contribution is 2.37. The summed E-state index contributed by atoms with van der Waals surface area (Å²) in [6.45, 7) is 2.10. The number of carbonyl (C=O) groups is 2. The number of halogens is 3. The molecule has 0 aliphatic heterocycles. The number of anilines is 1. The van der Waals surface area contributed by atoms with Crippen LogP contribution in [0.5, 0.6) is 0 Å². The summed E-state index contributed by atoms with van der Waals surface area (Å²) >= 11 is 0.778. The number of ether oxygens (including phenoxy) is 1. The fourth-order valence-corrected chi connectivity index (χ4v) is 3.29. The van der Waals surface area contributed by atoms with Gasteiger partial charge in [-0.2, -0.15) is 13.2 Å². The number of esters is 1. The Kier molecular flexibility index (Phi) is 6.44. The van der Waals surface area contributed by atoms with E-state index in [4.69, 9.17) is 0 Å². The van der Waals surface area contributed by atoms with E-state index in [0.717, 1.165) is 16.7 Å². The highest BCUT2D eigenvalue weighted by atomic mass is 32.1. The third-order valence-corrected chi connectivity index (χ3v) is 4.71. The second kappa shape index (κ2) is 9.04. The molecular weight excluding hydrogens is 437 g/mol. The van der Waals surface area contributed by atoms with Crippen molar-refractivity contribution in [1.29, 1.82) is 0 Å². The Hall–Kier alpha value is -3.61. The fraction of sp³-hybridized carbons (Fsp3) is 0.222. The number of alkyl halides is 3. The molecule has 0 spiro atoms. The van der Waals surface area contributed by atoms with Crippen LogP contribution in [0.15, 0.2) is 30.0 Å². The predicted molar refractivity (Wildman–Crippen MR) is 105 cm³/mol.